The highest BCUT2D eigenvalue weighted by molar-refractivity contribution is 7.83. The van der Waals surface area contributed by atoms with Crippen molar-refractivity contribution >= 4 is 70.7 Å². The molecular weight excluding hydrogens is 451 g/mol. The van der Waals surface area contributed by atoms with Gasteiger partial charge >= 0.3 is 0 Å². The van der Waals surface area contributed by atoms with Gasteiger partial charge in [-0.05, 0) is 62.5 Å². The minimum atomic E-state index is -1.19. The molecule has 0 aliphatic carbocycles. The van der Waals surface area contributed by atoms with Crippen molar-refractivity contribution in [3.63, 3.8) is 0 Å². The third-order valence-corrected chi connectivity index (χ3v) is 6.25. The number of hydrogen-bond acceptors (Lipinski definition) is 4. The second kappa shape index (κ2) is 9.73. The molecule has 2 heterocycles. The van der Waals surface area contributed by atoms with E-state index in [4.69, 9.17) is 35.4 Å². The number of rotatable bonds is 4. The summed E-state index contributed by atoms with van der Waals surface area (Å²) >= 11 is 22.1. The Morgan fingerprint density at radius 1 is 1.10 bits per heavy atom. The lowest BCUT2D eigenvalue weighted by atomic mass is 10.1. The highest BCUT2D eigenvalue weighted by Gasteiger charge is 2.41. The van der Waals surface area contributed by atoms with Crippen LogP contribution in [0.3, 0.4) is 0 Å². The second-order valence-electron chi connectivity index (χ2n) is 7.37. The van der Waals surface area contributed by atoms with E-state index >= 15 is 0 Å². The fourth-order valence-electron chi connectivity index (χ4n) is 3.63. The monoisotopic (exact) mass is 474 g/mol. The average molecular weight is 475 g/mol. The normalized spacial score (nSPS) is 22.4. The van der Waals surface area contributed by atoms with E-state index in [0.29, 0.717) is 28.7 Å². The van der Waals surface area contributed by atoms with Crippen LogP contribution in [-0.2, 0) is 9.59 Å². The molecule has 6 nitrogen and oxygen atoms in total. The first-order valence-electron chi connectivity index (χ1n) is 9.62. The number of carbonyl (C=O) groups excluding carboxylic acids is 2. The Balaban J connectivity index is 1.66. The lowest BCUT2D eigenvalue weighted by molar-refractivity contribution is -0.141. The Morgan fingerprint density at radius 2 is 1.72 bits per heavy atom. The van der Waals surface area contributed by atoms with Gasteiger partial charge in [-0.15, -0.1) is 12.6 Å². The molecule has 10 heteroatoms. The predicted octanol–water partition coefficient (Wildman–Crippen LogP) is 3.54. The molecule has 0 radical (unpaired) electrons. The summed E-state index contributed by atoms with van der Waals surface area (Å²) in [5.74, 6) is -0.248. The molecule has 29 heavy (non-hydrogen) atoms. The first-order chi connectivity index (χ1) is 13.8. The van der Waals surface area contributed by atoms with Crippen LogP contribution >= 0.6 is 48.0 Å². The lowest BCUT2D eigenvalue weighted by Crippen LogP contribution is -2.57. The third-order valence-electron chi connectivity index (χ3n) is 5.08. The molecule has 1 aromatic carbocycles. The van der Waals surface area contributed by atoms with E-state index in [0.717, 1.165) is 38.8 Å². The summed E-state index contributed by atoms with van der Waals surface area (Å²) in [4.78, 5) is 28.0. The van der Waals surface area contributed by atoms with Crippen molar-refractivity contribution in [2.75, 3.05) is 31.5 Å². The Morgan fingerprint density at radius 3 is 2.38 bits per heavy atom. The Hall–Kier alpha value is -1.22. The zero-order chi connectivity index (χ0) is 21.0. The maximum absolute atomic E-state index is 13.2. The van der Waals surface area contributed by atoms with Gasteiger partial charge in [0.2, 0.25) is 5.91 Å². The fourth-order valence-corrected chi connectivity index (χ4v) is 4.93. The van der Waals surface area contributed by atoms with Gasteiger partial charge in [-0.2, -0.15) is 0 Å². The number of nitrogens with zero attached hydrogens (tertiary/aromatic N) is 2. The van der Waals surface area contributed by atoms with E-state index < -0.39 is 4.87 Å². The maximum Gasteiger partial charge on any atom is 0.259 e. The average Bonchev–Trinajstić information content (AvgIpc) is 3.13. The molecule has 0 aromatic heterocycles. The van der Waals surface area contributed by atoms with Crippen molar-refractivity contribution in [1.82, 2.24) is 15.1 Å². The molecule has 0 spiro atoms. The lowest BCUT2D eigenvalue weighted by Gasteiger charge is -2.33. The van der Waals surface area contributed by atoms with E-state index in [1.165, 1.54) is 0 Å². The van der Waals surface area contributed by atoms with Crippen molar-refractivity contribution in [3.8, 4) is 0 Å². The summed E-state index contributed by atoms with van der Waals surface area (Å²) in [5.41, 5.74) is 0.610. The van der Waals surface area contributed by atoms with Crippen LogP contribution in [0.15, 0.2) is 18.2 Å². The van der Waals surface area contributed by atoms with Gasteiger partial charge in [-0.25, -0.2) is 0 Å². The maximum atomic E-state index is 13.2. The summed E-state index contributed by atoms with van der Waals surface area (Å²) < 4.78 is 0. The topological polar surface area (TPSA) is 64.7 Å². The molecule has 1 atom stereocenters. The van der Waals surface area contributed by atoms with Crippen LogP contribution in [-0.4, -0.2) is 57.8 Å². The van der Waals surface area contributed by atoms with E-state index in [1.807, 2.05) is 4.90 Å². The smallest absolute Gasteiger partial charge is 0.259 e. The summed E-state index contributed by atoms with van der Waals surface area (Å²) in [5, 5.41) is 7.20. The van der Waals surface area contributed by atoms with E-state index in [1.54, 1.807) is 23.1 Å². The van der Waals surface area contributed by atoms with Gasteiger partial charge in [-0.1, -0.05) is 23.2 Å². The quantitative estimate of drug-likeness (QED) is 0.353. The fraction of sp³-hybridized carbons (Fsp3) is 0.526. The zero-order valence-corrected chi connectivity index (χ0v) is 19.1. The van der Waals surface area contributed by atoms with E-state index in [-0.39, 0.29) is 23.5 Å². The molecule has 3 rings (SSSR count). The van der Waals surface area contributed by atoms with Gasteiger partial charge in [-0.3, -0.25) is 9.59 Å². The number of benzene rings is 1. The number of amides is 2. The third kappa shape index (κ3) is 5.90. The van der Waals surface area contributed by atoms with E-state index in [2.05, 4.69) is 23.3 Å². The zero-order valence-electron chi connectivity index (χ0n) is 15.9. The van der Waals surface area contributed by atoms with Crippen molar-refractivity contribution < 1.29 is 9.59 Å². The van der Waals surface area contributed by atoms with Gasteiger partial charge in [0.05, 0.1) is 6.54 Å². The van der Waals surface area contributed by atoms with Gasteiger partial charge in [0.25, 0.3) is 5.91 Å². The summed E-state index contributed by atoms with van der Waals surface area (Å²) in [6.07, 6.45) is 4.15. The van der Waals surface area contributed by atoms with Gasteiger partial charge in [0.1, 0.15) is 0 Å². The standard InChI is InChI=1S/C19H24Cl2N4O2S2/c20-13-9-14(21)11-15(10-13)22-18(28)23-19(29)5-1-2-8-25(17(19)27)12-16(26)24-6-3-4-7-24/h9-11,29H,1-8,12H2,(H2,22,23,28)/t19-/m1/s1. The summed E-state index contributed by atoms with van der Waals surface area (Å²) in [6, 6.07) is 4.99. The van der Waals surface area contributed by atoms with Gasteiger partial charge in [0.15, 0.2) is 9.98 Å². The molecule has 158 valence electrons. The van der Waals surface area contributed by atoms with Crippen LogP contribution in [0.4, 0.5) is 5.69 Å². The number of likely N-dealkylation sites (tertiary alicyclic amines) is 2. The van der Waals surface area contributed by atoms with Crippen LogP contribution < -0.4 is 10.6 Å². The second-order valence-corrected chi connectivity index (χ2v) is 9.41. The number of hydrogen-bond donors (Lipinski definition) is 3. The first-order valence-corrected chi connectivity index (χ1v) is 11.2. The van der Waals surface area contributed by atoms with Crippen LogP contribution in [0, 0.1) is 0 Å². The molecule has 2 amide bonds. The number of anilines is 1. The Bertz CT molecular complexity index is 784. The predicted molar refractivity (Wildman–Crippen MR) is 124 cm³/mol. The summed E-state index contributed by atoms with van der Waals surface area (Å²) in [7, 11) is 0. The number of halogens is 2. The summed E-state index contributed by atoms with van der Waals surface area (Å²) in [6.45, 7) is 2.14. The molecule has 1 aromatic rings. The molecular formula is C19H24Cl2N4O2S2. The Kier molecular flexibility index (Phi) is 7.53. The number of thiol groups is 1. The molecule has 0 unspecified atom stereocenters. The number of nitrogens with one attached hydrogen (secondary N) is 2. The van der Waals surface area contributed by atoms with Gasteiger partial charge in [0, 0.05) is 35.4 Å². The van der Waals surface area contributed by atoms with Crippen molar-refractivity contribution in [3.05, 3.63) is 28.2 Å². The van der Waals surface area contributed by atoms with Crippen LogP contribution in [0.2, 0.25) is 10.0 Å². The molecule has 2 fully saturated rings. The van der Waals surface area contributed by atoms with Crippen LogP contribution in [0.5, 0.6) is 0 Å². The molecule has 2 saturated heterocycles. The molecule has 2 N–H and O–H groups in total. The van der Waals surface area contributed by atoms with Crippen LogP contribution in [0.25, 0.3) is 0 Å². The van der Waals surface area contributed by atoms with Crippen molar-refractivity contribution in [1.29, 1.82) is 0 Å². The first kappa shape index (κ1) is 22.5. The number of carbonyl (C=O) groups is 2. The largest absolute Gasteiger partial charge is 0.341 e. The van der Waals surface area contributed by atoms with Crippen molar-refractivity contribution in [2.24, 2.45) is 0 Å². The minimum Gasteiger partial charge on any atom is -0.341 e. The number of thiocarbonyl (C=S) groups is 1. The minimum absolute atomic E-state index is 0.0114. The highest BCUT2D eigenvalue weighted by atomic mass is 35.5. The molecule has 0 saturated carbocycles. The van der Waals surface area contributed by atoms with Gasteiger partial charge < -0.3 is 20.4 Å². The molecule has 0 bridgehead atoms. The van der Waals surface area contributed by atoms with Crippen LogP contribution in [0.1, 0.15) is 32.1 Å². The van der Waals surface area contributed by atoms with Crippen molar-refractivity contribution in [2.45, 2.75) is 37.0 Å². The SMILES string of the molecule is O=C(CN1CCCC[C@](S)(NC(=S)Nc2cc(Cl)cc(Cl)c2)C1=O)N1CCCC1. The highest BCUT2D eigenvalue weighted by Crippen LogP contribution is 2.27. The Labute approximate surface area is 191 Å². The van der Waals surface area contributed by atoms with E-state index in [9.17, 15) is 9.59 Å². The molecule has 2 aliphatic heterocycles. The molecule has 2 aliphatic rings.